The van der Waals surface area contributed by atoms with Gasteiger partial charge < -0.3 is 21.1 Å². The van der Waals surface area contributed by atoms with E-state index in [1.165, 1.54) is 0 Å². The lowest BCUT2D eigenvalue weighted by atomic mass is 9.49. The van der Waals surface area contributed by atoms with Gasteiger partial charge in [0.1, 0.15) is 0 Å². The van der Waals surface area contributed by atoms with Crippen LogP contribution in [0, 0.1) is 35.5 Å². The normalized spacial score (nSPS) is 44.2. The number of fused-ring (bicyclic) bond motifs is 2. The number of aliphatic hydroxyl groups excluding tert-OH is 2. The smallest absolute Gasteiger partial charge is 0.235 e. The number of Topliss-reactive ketones (excluding diaryl/α,β-unsaturated/α-hetero) is 4. The largest absolute Gasteiger partial charge is 0.392 e. The molecule has 0 heterocycles. The molecule has 0 bridgehead atoms. The van der Waals surface area contributed by atoms with E-state index >= 15 is 0 Å². The van der Waals surface area contributed by atoms with Crippen LogP contribution in [0.3, 0.4) is 0 Å². The van der Waals surface area contributed by atoms with Crippen molar-refractivity contribution in [3.63, 3.8) is 0 Å². The van der Waals surface area contributed by atoms with Gasteiger partial charge in [0.15, 0.2) is 34.7 Å². The number of amides is 1. The second kappa shape index (κ2) is 7.67. The molecule has 0 aromatic rings. The van der Waals surface area contributed by atoms with E-state index < -0.39 is 77.1 Å². The van der Waals surface area contributed by atoms with E-state index in [9.17, 15) is 39.3 Å². The molecule has 32 heavy (non-hydrogen) atoms. The zero-order valence-corrected chi connectivity index (χ0v) is 18.1. The van der Waals surface area contributed by atoms with Crippen LogP contribution in [0.2, 0.25) is 0 Å². The topological polar surface area (TPSA) is 172 Å². The minimum atomic E-state index is -2.83. The zero-order valence-electron chi connectivity index (χ0n) is 18.1. The monoisotopic (exact) mass is 447 g/mol. The molecule has 2 saturated carbocycles. The lowest BCUT2D eigenvalue weighted by Gasteiger charge is -2.55. The summed E-state index contributed by atoms with van der Waals surface area (Å²) in [5, 5.41) is 33.6. The number of primary amides is 1. The molecule has 1 amide bonds. The predicted molar refractivity (Wildman–Crippen MR) is 109 cm³/mol. The Kier molecular flexibility index (Phi) is 5.50. The Balaban J connectivity index is 1.81. The molecule has 9 atom stereocenters. The molecule has 4 aliphatic carbocycles. The Morgan fingerprint density at radius 1 is 1.16 bits per heavy atom. The molecule has 0 aromatic heterocycles. The number of hydrogen-bond donors (Lipinski definition) is 4. The summed E-state index contributed by atoms with van der Waals surface area (Å²) in [5.74, 6) is -11.2. The van der Waals surface area contributed by atoms with Crippen LogP contribution in [-0.2, 0) is 24.0 Å². The van der Waals surface area contributed by atoms with E-state index in [0.29, 0.717) is 24.8 Å². The van der Waals surface area contributed by atoms with Crippen LogP contribution < -0.4 is 5.73 Å². The Morgan fingerprint density at radius 2 is 1.81 bits per heavy atom. The van der Waals surface area contributed by atoms with Crippen molar-refractivity contribution in [3.8, 4) is 0 Å². The van der Waals surface area contributed by atoms with Crippen LogP contribution in [0.1, 0.15) is 46.0 Å². The van der Waals surface area contributed by atoms with E-state index in [4.69, 9.17) is 5.73 Å². The maximum absolute atomic E-state index is 13.6. The Morgan fingerprint density at radius 3 is 2.41 bits per heavy atom. The molecular weight excluding hydrogens is 418 g/mol. The van der Waals surface area contributed by atoms with Crippen molar-refractivity contribution in [1.29, 1.82) is 0 Å². The molecule has 0 spiro atoms. The number of hydrogen-bond acceptors (Lipinski definition) is 8. The molecule has 0 aliphatic heterocycles. The molecule has 0 radical (unpaired) electrons. The molecule has 9 heteroatoms. The van der Waals surface area contributed by atoms with Crippen LogP contribution in [-0.4, -0.2) is 62.2 Å². The van der Waals surface area contributed by atoms with Crippen LogP contribution >= 0.6 is 0 Å². The quantitative estimate of drug-likeness (QED) is 0.409. The SMILES string of the molecule is CCCC1CCC2=C(C1=O)C(O)C1C(=O)C3(O)C(=O)C(C(N)=O)C(=O)CC3C(O)C1C2C. The summed E-state index contributed by atoms with van der Waals surface area (Å²) < 4.78 is 0. The molecule has 4 rings (SSSR count). The van der Waals surface area contributed by atoms with Gasteiger partial charge in [-0.15, -0.1) is 0 Å². The van der Waals surface area contributed by atoms with Gasteiger partial charge in [-0.2, -0.15) is 0 Å². The van der Waals surface area contributed by atoms with Crippen LogP contribution in [0.15, 0.2) is 11.1 Å². The lowest BCUT2D eigenvalue weighted by Crippen LogP contribution is -2.73. The fourth-order valence-corrected chi connectivity index (χ4v) is 6.68. The number of carbonyl (C=O) groups excluding carboxylic acids is 5. The highest BCUT2D eigenvalue weighted by Crippen LogP contribution is 2.54. The first-order chi connectivity index (χ1) is 15.0. The fourth-order valence-electron chi connectivity index (χ4n) is 6.68. The molecule has 2 fully saturated rings. The van der Waals surface area contributed by atoms with Crippen molar-refractivity contribution in [2.75, 3.05) is 0 Å². The number of nitrogens with two attached hydrogens (primary N) is 1. The number of allylic oxidation sites excluding steroid dienone is 1. The van der Waals surface area contributed by atoms with Gasteiger partial charge >= 0.3 is 0 Å². The van der Waals surface area contributed by atoms with Crippen molar-refractivity contribution in [1.82, 2.24) is 0 Å². The highest BCUT2D eigenvalue weighted by atomic mass is 16.3. The van der Waals surface area contributed by atoms with Crippen LogP contribution in [0.4, 0.5) is 0 Å². The predicted octanol–water partition coefficient (Wildman–Crippen LogP) is -0.760. The molecule has 0 saturated heterocycles. The van der Waals surface area contributed by atoms with Crippen molar-refractivity contribution in [3.05, 3.63) is 11.1 Å². The second-order valence-electron chi connectivity index (χ2n) is 9.76. The molecule has 4 aliphatic rings. The van der Waals surface area contributed by atoms with Gasteiger partial charge in [0.05, 0.1) is 18.1 Å². The Hall–Kier alpha value is -2.23. The summed E-state index contributed by atoms with van der Waals surface area (Å²) in [6.45, 7) is 3.71. The van der Waals surface area contributed by atoms with Gasteiger partial charge in [-0.05, 0) is 25.2 Å². The van der Waals surface area contributed by atoms with Crippen LogP contribution in [0.25, 0.3) is 0 Å². The third-order valence-corrected chi connectivity index (χ3v) is 8.25. The Bertz CT molecular complexity index is 954. The average molecular weight is 447 g/mol. The van der Waals surface area contributed by atoms with Gasteiger partial charge in [-0.3, -0.25) is 24.0 Å². The zero-order chi connectivity index (χ0) is 23.7. The summed E-state index contributed by atoms with van der Waals surface area (Å²) in [4.78, 5) is 63.8. The van der Waals surface area contributed by atoms with Crippen molar-refractivity contribution in [2.45, 2.75) is 63.8 Å². The summed E-state index contributed by atoms with van der Waals surface area (Å²) >= 11 is 0. The number of rotatable bonds is 3. The van der Waals surface area contributed by atoms with Gasteiger partial charge in [0, 0.05) is 29.7 Å². The van der Waals surface area contributed by atoms with Gasteiger partial charge in [0.2, 0.25) is 5.91 Å². The second-order valence-corrected chi connectivity index (χ2v) is 9.76. The summed E-state index contributed by atoms with van der Waals surface area (Å²) in [7, 11) is 0. The van der Waals surface area contributed by atoms with Crippen molar-refractivity contribution < 1.29 is 39.3 Å². The molecule has 9 nitrogen and oxygen atoms in total. The number of aliphatic hydroxyl groups is 3. The third kappa shape index (κ3) is 2.84. The lowest BCUT2D eigenvalue weighted by molar-refractivity contribution is -0.197. The Labute approximate surface area is 185 Å². The van der Waals surface area contributed by atoms with Crippen molar-refractivity contribution in [2.24, 2.45) is 41.2 Å². The summed E-state index contributed by atoms with van der Waals surface area (Å²) in [6.07, 6.45) is -1.01. The molecule has 0 aromatic carbocycles. The first-order valence-corrected chi connectivity index (χ1v) is 11.2. The van der Waals surface area contributed by atoms with Gasteiger partial charge in [0.25, 0.3) is 0 Å². The first-order valence-electron chi connectivity index (χ1n) is 11.2. The van der Waals surface area contributed by atoms with E-state index in [0.717, 1.165) is 6.42 Å². The molecule has 174 valence electrons. The standard InChI is InChI=1S/C23H29NO8/c1-3-4-9-5-6-10-8(2)13-16(19(28)14(10)17(9)26)21(30)23(32)11(18(13)27)7-12(25)15(20(23)29)22(24)31/h8-9,11,13,15-16,18-19,27-28,32H,3-7H2,1-2H3,(H2,24,31). The number of carbonyl (C=O) groups is 5. The number of ketones is 4. The molecule has 9 unspecified atom stereocenters. The highest BCUT2D eigenvalue weighted by molar-refractivity contribution is 6.29. The van der Waals surface area contributed by atoms with Crippen LogP contribution in [0.5, 0.6) is 0 Å². The molecular formula is C23H29NO8. The highest BCUT2D eigenvalue weighted by Gasteiger charge is 2.70. The van der Waals surface area contributed by atoms with Gasteiger partial charge in [-0.1, -0.05) is 25.8 Å². The van der Waals surface area contributed by atoms with Gasteiger partial charge in [-0.25, -0.2) is 0 Å². The molecule has 5 N–H and O–H groups in total. The average Bonchev–Trinajstić information content (AvgIpc) is 2.72. The minimum Gasteiger partial charge on any atom is -0.392 e. The third-order valence-electron chi connectivity index (χ3n) is 8.25. The maximum Gasteiger partial charge on any atom is 0.235 e. The minimum absolute atomic E-state index is 0.150. The van der Waals surface area contributed by atoms with Crippen molar-refractivity contribution >= 4 is 29.0 Å². The summed E-state index contributed by atoms with van der Waals surface area (Å²) in [6, 6.07) is 0. The van der Waals surface area contributed by atoms with E-state index in [1.54, 1.807) is 6.92 Å². The van der Waals surface area contributed by atoms with E-state index in [-0.39, 0.29) is 17.3 Å². The van der Waals surface area contributed by atoms with E-state index in [2.05, 4.69) is 0 Å². The van der Waals surface area contributed by atoms with E-state index in [1.807, 2.05) is 6.92 Å². The first kappa shape index (κ1) is 22.9. The summed E-state index contributed by atoms with van der Waals surface area (Å²) in [5.41, 5.74) is 3.19. The fraction of sp³-hybridized carbons (Fsp3) is 0.696. The maximum atomic E-state index is 13.6.